The SMILES string of the molecule is CCCCC(=O)N1C(c2ccccc2)c2c(O)ccc3ccc(O)c(c23)C1c1ccccc1. The van der Waals surface area contributed by atoms with Crippen LogP contribution in [0.2, 0.25) is 0 Å². The second kappa shape index (κ2) is 8.62. The number of rotatable bonds is 5. The molecule has 2 N–H and O–H groups in total. The molecule has 166 valence electrons. The number of carbonyl (C=O) groups excluding carboxylic acids is 1. The van der Waals surface area contributed by atoms with Crippen LogP contribution in [0, 0.1) is 0 Å². The number of phenols is 2. The Morgan fingerprint density at radius 1 is 0.758 bits per heavy atom. The number of benzene rings is 4. The highest BCUT2D eigenvalue weighted by atomic mass is 16.3. The summed E-state index contributed by atoms with van der Waals surface area (Å²) >= 11 is 0. The van der Waals surface area contributed by atoms with E-state index in [0.717, 1.165) is 34.7 Å². The maximum Gasteiger partial charge on any atom is 0.224 e. The van der Waals surface area contributed by atoms with E-state index in [-0.39, 0.29) is 17.4 Å². The van der Waals surface area contributed by atoms with Crippen molar-refractivity contribution >= 4 is 16.7 Å². The first-order chi connectivity index (χ1) is 16.1. The van der Waals surface area contributed by atoms with E-state index >= 15 is 0 Å². The van der Waals surface area contributed by atoms with E-state index in [1.807, 2.05) is 77.7 Å². The first kappa shape index (κ1) is 21.1. The van der Waals surface area contributed by atoms with Gasteiger partial charge in [-0.2, -0.15) is 0 Å². The van der Waals surface area contributed by atoms with Gasteiger partial charge in [-0.1, -0.05) is 86.1 Å². The first-order valence-corrected chi connectivity index (χ1v) is 11.5. The average molecular weight is 438 g/mol. The first-order valence-electron chi connectivity index (χ1n) is 11.5. The fourth-order valence-corrected chi connectivity index (χ4v) is 5.10. The monoisotopic (exact) mass is 437 g/mol. The Morgan fingerprint density at radius 2 is 1.24 bits per heavy atom. The molecule has 2 atom stereocenters. The summed E-state index contributed by atoms with van der Waals surface area (Å²) in [5, 5.41) is 24.0. The second-order valence-electron chi connectivity index (χ2n) is 8.63. The summed E-state index contributed by atoms with van der Waals surface area (Å²) in [7, 11) is 0. The zero-order chi connectivity index (χ0) is 22.9. The second-order valence-corrected chi connectivity index (χ2v) is 8.63. The van der Waals surface area contributed by atoms with Crippen molar-refractivity contribution in [3.8, 4) is 11.5 Å². The molecule has 4 heteroatoms. The van der Waals surface area contributed by atoms with Crippen molar-refractivity contribution in [2.75, 3.05) is 0 Å². The fraction of sp³-hybridized carbons (Fsp3) is 0.207. The molecule has 2 unspecified atom stereocenters. The van der Waals surface area contributed by atoms with Crippen molar-refractivity contribution in [2.45, 2.75) is 38.3 Å². The van der Waals surface area contributed by atoms with E-state index < -0.39 is 12.1 Å². The highest BCUT2D eigenvalue weighted by Crippen LogP contribution is 2.53. The highest BCUT2D eigenvalue weighted by molar-refractivity contribution is 5.96. The van der Waals surface area contributed by atoms with Gasteiger partial charge in [0.1, 0.15) is 11.5 Å². The van der Waals surface area contributed by atoms with Crippen molar-refractivity contribution in [3.05, 3.63) is 107 Å². The lowest BCUT2D eigenvalue weighted by Crippen LogP contribution is -2.41. The zero-order valence-corrected chi connectivity index (χ0v) is 18.6. The molecule has 0 bridgehead atoms. The number of hydrogen-bond acceptors (Lipinski definition) is 3. The molecule has 1 aliphatic rings. The lowest BCUT2D eigenvalue weighted by Gasteiger charge is -2.44. The van der Waals surface area contributed by atoms with Crippen LogP contribution in [0.3, 0.4) is 0 Å². The lowest BCUT2D eigenvalue weighted by atomic mass is 9.79. The fourth-order valence-electron chi connectivity index (χ4n) is 5.10. The minimum absolute atomic E-state index is 0.00450. The van der Waals surface area contributed by atoms with Crippen LogP contribution in [0.25, 0.3) is 10.8 Å². The number of carbonyl (C=O) groups is 1. The molecular formula is C29H27NO3. The van der Waals surface area contributed by atoms with Gasteiger partial charge in [0.25, 0.3) is 0 Å². The molecule has 0 saturated carbocycles. The van der Waals surface area contributed by atoms with Crippen molar-refractivity contribution in [2.24, 2.45) is 0 Å². The average Bonchev–Trinajstić information content (AvgIpc) is 2.86. The zero-order valence-electron chi connectivity index (χ0n) is 18.6. The van der Waals surface area contributed by atoms with Gasteiger partial charge in [0.05, 0.1) is 12.1 Å². The summed E-state index contributed by atoms with van der Waals surface area (Å²) in [4.78, 5) is 15.7. The Balaban J connectivity index is 1.88. The van der Waals surface area contributed by atoms with Gasteiger partial charge in [-0.3, -0.25) is 4.79 Å². The predicted molar refractivity (Wildman–Crippen MR) is 130 cm³/mol. The van der Waals surface area contributed by atoms with Crippen LogP contribution >= 0.6 is 0 Å². The number of unbranched alkanes of at least 4 members (excludes halogenated alkanes) is 1. The van der Waals surface area contributed by atoms with E-state index in [1.165, 1.54) is 0 Å². The van der Waals surface area contributed by atoms with Gasteiger partial charge < -0.3 is 15.1 Å². The number of hydrogen-bond donors (Lipinski definition) is 2. The minimum Gasteiger partial charge on any atom is -0.508 e. The molecule has 0 spiro atoms. The van der Waals surface area contributed by atoms with Crippen LogP contribution in [0.4, 0.5) is 0 Å². The minimum atomic E-state index is -0.473. The van der Waals surface area contributed by atoms with Crippen LogP contribution in [0.5, 0.6) is 11.5 Å². The number of amides is 1. The molecule has 4 aromatic carbocycles. The molecule has 0 fully saturated rings. The Labute approximate surface area is 193 Å². The van der Waals surface area contributed by atoms with Crippen LogP contribution < -0.4 is 0 Å². The van der Waals surface area contributed by atoms with Crippen LogP contribution in [-0.4, -0.2) is 21.0 Å². The van der Waals surface area contributed by atoms with Gasteiger partial charge in [0.2, 0.25) is 5.91 Å². The van der Waals surface area contributed by atoms with Gasteiger partial charge in [-0.25, -0.2) is 0 Å². The normalized spacial score (nSPS) is 17.3. The lowest BCUT2D eigenvalue weighted by molar-refractivity contribution is -0.135. The molecule has 4 aromatic rings. The smallest absolute Gasteiger partial charge is 0.224 e. The standard InChI is InChI=1S/C29H27NO3/c1-2-3-14-24(33)30-28(20-10-6-4-7-11-20)26-22(31)17-15-19-16-18-23(32)27(25(19)26)29(30)21-12-8-5-9-13-21/h4-13,15-18,28-29,31-32H,2-3,14H2,1H3. The summed E-state index contributed by atoms with van der Waals surface area (Å²) in [6.45, 7) is 2.07. The van der Waals surface area contributed by atoms with Gasteiger partial charge in [0.15, 0.2) is 0 Å². The van der Waals surface area contributed by atoms with Crippen molar-refractivity contribution in [3.63, 3.8) is 0 Å². The van der Waals surface area contributed by atoms with E-state index in [4.69, 9.17) is 0 Å². The maximum absolute atomic E-state index is 13.8. The number of nitrogens with zero attached hydrogens (tertiary/aromatic N) is 1. The van der Waals surface area contributed by atoms with Crippen molar-refractivity contribution < 1.29 is 15.0 Å². The number of phenolic OH excluding ortho intramolecular Hbond substituents is 2. The van der Waals surface area contributed by atoms with Crippen LogP contribution in [0.15, 0.2) is 84.9 Å². The van der Waals surface area contributed by atoms with Crippen LogP contribution in [0.1, 0.15) is 60.5 Å². The Bertz CT molecular complexity index is 1210. The van der Waals surface area contributed by atoms with E-state index in [9.17, 15) is 15.0 Å². The molecule has 0 aromatic heterocycles. The van der Waals surface area contributed by atoms with E-state index in [0.29, 0.717) is 17.5 Å². The summed E-state index contributed by atoms with van der Waals surface area (Å²) in [6.07, 6.45) is 2.10. The molecule has 0 radical (unpaired) electrons. The number of aromatic hydroxyl groups is 2. The Kier molecular flexibility index (Phi) is 5.51. The quantitative estimate of drug-likeness (QED) is 0.377. The summed E-state index contributed by atoms with van der Waals surface area (Å²) < 4.78 is 0. The Morgan fingerprint density at radius 3 is 1.70 bits per heavy atom. The maximum atomic E-state index is 13.8. The van der Waals surface area contributed by atoms with Gasteiger partial charge in [-0.05, 0) is 35.1 Å². The molecule has 1 aliphatic heterocycles. The molecule has 1 heterocycles. The molecule has 5 rings (SSSR count). The van der Waals surface area contributed by atoms with Gasteiger partial charge in [0, 0.05) is 22.9 Å². The third-order valence-electron chi connectivity index (χ3n) is 6.59. The van der Waals surface area contributed by atoms with Crippen LogP contribution in [-0.2, 0) is 4.79 Å². The summed E-state index contributed by atoms with van der Waals surface area (Å²) in [5.41, 5.74) is 3.20. The third-order valence-corrected chi connectivity index (χ3v) is 6.59. The predicted octanol–water partition coefficient (Wildman–Crippen LogP) is 6.46. The largest absolute Gasteiger partial charge is 0.508 e. The Hall–Kier alpha value is -3.79. The van der Waals surface area contributed by atoms with Crippen molar-refractivity contribution in [1.29, 1.82) is 0 Å². The summed E-state index contributed by atoms with van der Waals surface area (Å²) in [5.74, 6) is 0.260. The summed E-state index contributed by atoms with van der Waals surface area (Å²) in [6, 6.07) is 25.9. The van der Waals surface area contributed by atoms with Gasteiger partial charge in [-0.15, -0.1) is 0 Å². The molecule has 4 nitrogen and oxygen atoms in total. The topological polar surface area (TPSA) is 60.8 Å². The third kappa shape index (κ3) is 3.52. The molecule has 0 aliphatic carbocycles. The van der Waals surface area contributed by atoms with E-state index in [1.54, 1.807) is 12.1 Å². The highest BCUT2D eigenvalue weighted by Gasteiger charge is 2.42. The van der Waals surface area contributed by atoms with Crippen molar-refractivity contribution in [1.82, 2.24) is 4.90 Å². The van der Waals surface area contributed by atoms with E-state index in [2.05, 4.69) is 6.92 Å². The molecule has 0 saturated heterocycles. The molecule has 33 heavy (non-hydrogen) atoms. The van der Waals surface area contributed by atoms with Gasteiger partial charge >= 0.3 is 0 Å². The molecule has 1 amide bonds. The molecular weight excluding hydrogens is 410 g/mol.